The third-order valence-electron chi connectivity index (χ3n) is 6.01. The Labute approximate surface area is 168 Å². The van der Waals surface area contributed by atoms with Gasteiger partial charge in [0.05, 0.1) is 12.2 Å². The smallest absolute Gasteiger partial charge is 0.322 e. The van der Waals surface area contributed by atoms with Gasteiger partial charge in [-0.1, -0.05) is 19.4 Å². The average Bonchev–Trinajstić information content (AvgIpc) is 2.99. The maximum atomic E-state index is 12.7. The topological polar surface area (TPSA) is 62.2 Å². The van der Waals surface area contributed by atoms with Gasteiger partial charge in [-0.05, 0) is 62.3 Å². The van der Waals surface area contributed by atoms with Gasteiger partial charge >= 0.3 is 6.03 Å². The summed E-state index contributed by atoms with van der Waals surface area (Å²) < 4.78 is 1.86. The summed E-state index contributed by atoms with van der Waals surface area (Å²) in [5.74, 6) is 0.885. The van der Waals surface area contributed by atoms with E-state index in [2.05, 4.69) is 36.5 Å². The van der Waals surface area contributed by atoms with E-state index >= 15 is 0 Å². The molecular weight excluding hydrogens is 350 g/mol. The number of aryl methyl sites for hydroxylation is 3. The number of amides is 2. The molecule has 1 fully saturated rings. The van der Waals surface area contributed by atoms with Gasteiger partial charge in [-0.25, -0.2) is 4.79 Å². The molecule has 3 rings (SSSR count). The second-order valence-electron chi connectivity index (χ2n) is 8.41. The number of anilines is 2. The molecule has 0 unspecified atom stereocenters. The Kier molecular flexibility index (Phi) is 5.96. The van der Waals surface area contributed by atoms with Crippen LogP contribution in [0.25, 0.3) is 0 Å². The highest BCUT2D eigenvalue weighted by Gasteiger charge is 2.31. The van der Waals surface area contributed by atoms with Crippen LogP contribution >= 0.6 is 0 Å². The third-order valence-corrected chi connectivity index (χ3v) is 6.01. The van der Waals surface area contributed by atoms with Gasteiger partial charge < -0.3 is 15.5 Å². The Morgan fingerprint density at radius 1 is 1.25 bits per heavy atom. The molecule has 1 saturated carbocycles. The van der Waals surface area contributed by atoms with Crippen molar-refractivity contribution in [3.05, 3.63) is 41.1 Å². The molecular formula is C22H33N5O. The van der Waals surface area contributed by atoms with Crippen LogP contribution in [0, 0.1) is 19.3 Å². The fraction of sp³-hybridized carbons (Fsp3) is 0.545. The third kappa shape index (κ3) is 4.66. The van der Waals surface area contributed by atoms with Gasteiger partial charge in [-0.3, -0.25) is 4.68 Å². The molecule has 6 heteroatoms. The quantitative estimate of drug-likeness (QED) is 0.729. The van der Waals surface area contributed by atoms with Gasteiger partial charge in [0.1, 0.15) is 5.82 Å². The van der Waals surface area contributed by atoms with Crippen molar-refractivity contribution < 1.29 is 4.79 Å². The largest absolute Gasteiger partial charge is 0.368 e. The van der Waals surface area contributed by atoms with Crippen molar-refractivity contribution in [1.29, 1.82) is 0 Å². The Balaban J connectivity index is 1.61. The number of hydrogen-bond donors (Lipinski definition) is 2. The van der Waals surface area contributed by atoms with E-state index in [-0.39, 0.29) is 6.03 Å². The van der Waals surface area contributed by atoms with Crippen molar-refractivity contribution in [2.24, 2.45) is 12.5 Å². The monoisotopic (exact) mass is 383 g/mol. The number of hydrogen-bond acceptors (Lipinski definition) is 3. The maximum Gasteiger partial charge on any atom is 0.322 e. The summed E-state index contributed by atoms with van der Waals surface area (Å²) in [6.45, 7) is 10.5. The average molecular weight is 384 g/mol. The lowest BCUT2D eigenvalue weighted by Gasteiger charge is -2.38. The lowest BCUT2D eigenvalue weighted by atomic mass is 9.70. The highest BCUT2D eigenvalue weighted by atomic mass is 16.2. The molecule has 1 aliphatic carbocycles. The lowest BCUT2D eigenvalue weighted by Crippen LogP contribution is -2.34. The number of carbonyl (C=O) groups is 1. The Hall–Kier alpha value is -2.50. The van der Waals surface area contributed by atoms with E-state index in [1.54, 1.807) is 4.90 Å². The van der Waals surface area contributed by atoms with Gasteiger partial charge in [0.25, 0.3) is 0 Å². The zero-order valence-corrected chi connectivity index (χ0v) is 17.8. The van der Waals surface area contributed by atoms with Crippen LogP contribution in [0.15, 0.2) is 24.3 Å². The van der Waals surface area contributed by atoms with E-state index in [4.69, 9.17) is 0 Å². The first-order valence-electron chi connectivity index (χ1n) is 10.2. The molecule has 0 atom stereocenters. The molecule has 0 radical (unpaired) electrons. The van der Waals surface area contributed by atoms with Crippen LogP contribution in [0.2, 0.25) is 0 Å². The predicted octanol–water partition coefficient (Wildman–Crippen LogP) is 4.69. The van der Waals surface area contributed by atoms with Gasteiger partial charge in [-0.15, -0.1) is 0 Å². The van der Waals surface area contributed by atoms with Gasteiger partial charge in [0.2, 0.25) is 0 Å². The van der Waals surface area contributed by atoms with Crippen LogP contribution in [0.3, 0.4) is 0 Å². The highest BCUT2D eigenvalue weighted by Crippen LogP contribution is 2.40. The fourth-order valence-corrected chi connectivity index (χ4v) is 3.55. The molecule has 0 spiro atoms. The van der Waals surface area contributed by atoms with Crippen LogP contribution < -0.4 is 10.6 Å². The Bertz CT molecular complexity index is 837. The number of aromatic nitrogens is 2. The summed E-state index contributed by atoms with van der Waals surface area (Å²) in [6.07, 6.45) is 3.89. The molecule has 0 aliphatic heterocycles. The van der Waals surface area contributed by atoms with E-state index in [9.17, 15) is 4.79 Å². The number of nitrogens with zero attached hydrogens (tertiary/aromatic N) is 3. The van der Waals surface area contributed by atoms with Crippen molar-refractivity contribution in [3.63, 3.8) is 0 Å². The van der Waals surface area contributed by atoms with Gasteiger partial charge in [0, 0.05) is 31.9 Å². The maximum absolute atomic E-state index is 12.7. The second-order valence-corrected chi connectivity index (χ2v) is 8.41. The Morgan fingerprint density at radius 2 is 2.00 bits per heavy atom. The van der Waals surface area contributed by atoms with Crippen LogP contribution in [0.5, 0.6) is 0 Å². The molecule has 1 heterocycles. The molecule has 2 N–H and O–H groups in total. The summed E-state index contributed by atoms with van der Waals surface area (Å²) in [5, 5.41) is 11.0. The van der Waals surface area contributed by atoms with Gasteiger partial charge in [0.15, 0.2) is 0 Å². The minimum absolute atomic E-state index is 0.0940. The Morgan fingerprint density at radius 3 is 2.61 bits per heavy atom. The SMILES string of the molecule is CCN(Cc1cc(NCC2(C)CCC2)nn1C)C(=O)Nc1ccc(C)c(C)c1. The van der Waals surface area contributed by atoms with E-state index in [0.29, 0.717) is 18.5 Å². The molecule has 6 nitrogen and oxygen atoms in total. The van der Waals surface area contributed by atoms with E-state index in [1.165, 1.54) is 30.4 Å². The summed E-state index contributed by atoms with van der Waals surface area (Å²) >= 11 is 0. The van der Waals surface area contributed by atoms with Crippen molar-refractivity contribution in [1.82, 2.24) is 14.7 Å². The van der Waals surface area contributed by atoms with Crippen molar-refractivity contribution in [2.75, 3.05) is 23.7 Å². The molecule has 1 aliphatic rings. The number of carbonyl (C=O) groups excluding carboxylic acids is 1. The molecule has 2 amide bonds. The first-order valence-corrected chi connectivity index (χ1v) is 10.2. The minimum atomic E-state index is -0.0940. The lowest BCUT2D eigenvalue weighted by molar-refractivity contribution is 0.180. The van der Waals surface area contributed by atoms with Crippen LogP contribution in [-0.2, 0) is 13.6 Å². The molecule has 152 valence electrons. The zero-order valence-electron chi connectivity index (χ0n) is 17.8. The number of rotatable bonds is 7. The minimum Gasteiger partial charge on any atom is -0.368 e. The first kappa shape index (κ1) is 20.2. The van der Waals surface area contributed by atoms with Gasteiger partial charge in [-0.2, -0.15) is 5.10 Å². The second kappa shape index (κ2) is 8.25. The molecule has 1 aromatic carbocycles. The summed E-state index contributed by atoms with van der Waals surface area (Å²) in [6, 6.07) is 7.94. The standard InChI is InChI=1S/C22H33N5O/c1-6-27(21(28)24-18-9-8-16(2)17(3)12-18)14-19-13-20(25-26(19)5)23-15-22(4)10-7-11-22/h8-9,12-13H,6-7,10-11,14-15H2,1-5H3,(H,23,25)(H,24,28). The normalized spacial score (nSPS) is 15.0. The van der Waals surface area contributed by atoms with E-state index < -0.39 is 0 Å². The van der Waals surface area contributed by atoms with E-state index in [0.717, 1.165) is 23.7 Å². The molecule has 0 bridgehead atoms. The molecule has 1 aromatic heterocycles. The highest BCUT2D eigenvalue weighted by molar-refractivity contribution is 5.89. The summed E-state index contributed by atoms with van der Waals surface area (Å²) in [5.41, 5.74) is 4.63. The van der Waals surface area contributed by atoms with E-state index in [1.807, 2.05) is 42.9 Å². The van der Waals surface area contributed by atoms with Crippen molar-refractivity contribution in [3.8, 4) is 0 Å². The number of nitrogens with one attached hydrogen (secondary N) is 2. The zero-order chi connectivity index (χ0) is 20.3. The fourth-order valence-electron chi connectivity index (χ4n) is 3.55. The van der Waals surface area contributed by atoms with Crippen LogP contribution in [0.4, 0.5) is 16.3 Å². The molecule has 2 aromatic rings. The number of benzene rings is 1. The van der Waals surface area contributed by atoms with Crippen LogP contribution in [0.1, 0.15) is 49.9 Å². The number of urea groups is 1. The predicted molar refractivity (Wildman–Crippen MR) is 115 cm³/mol. The first-order chi connectivity index (χ1) is 13.3. The summed E-state index contributed by atoms with van der Waals surface area (Å²) in [7, 11) is 1.93. The molecule has 0 saturated heterocycles. The summed E-state index contributed by atoms with van der Waals surface area (Å²) in [4.78, 5) is 14.5. The molecule has 28 heavy (non-hydrogen) atoms. The van der Waals surface area contributed by atoms with Crippen LogP contribution in [-0.4, -0.2) is 33.8 Å². The van der Waals surface area contributed by atoms with Crippen molar-refractivity contribution in [2.45, 2.75) is 53.5 Å². The van der Waals surface area contributed by atoms with Crippen molar-refractivity contribution >= 4 is 17.5 Å².